The van der Waals surface area contributed by atoms with Crippen molar-refractivity contribution in [2.75, 3.05) is 0 Å². The van der Waals surface area contributed by atoms with Crippen molar-refractivity contribution < 1.29 is 5.11 Å². The molecular formula is C12H22N2O. The van der Waals surface area contributed by atoms with Crippen LogP contribution in [0.25, 0.3) is 0 Å². The molecule has 3 heteroatoms. The zero-order valence-corrected chi connectivity index (χ0v) is 10.2. The molecule has 1 aromatic rings. The van der Waals surface area contributed by atoms with Crippen molar-refractivity contribution in [2.45, 2.75) is 46.1 Å². The van der Waals surface area contributed by atoms with E-state index in [0.29, 0.717) is 0 Å². The first kappa shape index (κ1) is 12.2. The molecule has 1 aromatic heterocycles. The Balaban J connectivity index is 2.48. The van der Waals surface area contributed by atoms with E-state index in [1.54, 1.807) is 6.20 Å². The molecule has 1 atom stereocenters. The summed E-state index contributed by atoms with van der Waals surface area (Å²) >= 11 is 0. The first-order chi connectivity index (χ1) is 6.97. The van der Waals surface area contributed by atoms with Gasteiger partial charge in [0.25, 0.3) is 0 Å². The van der Waals surface area contributed by atoms with E-state index in [0.717, 1.165) is 19.3 Å². The lowest BCUT2D eigenvalue weighted by Gasteiger charge is -2.29. The van der Waals surface area contributed by atoms with E-state index in [1.165, 1.54) is 5.69 Å². The second-order valence-electron chi connectivity index (χ2n) is 4.84. The van der Waals surface area contributed by atoms with E-state index >= 15 is 0 Å². The van der Waals surface area contributed by atoms with E-state index < -0.39 is 0 Å². The fraction of sp³-hybridized carbons (Fsp3) is 0.750. The second-order valence-corrected chi connectivity index (χ2v) is 4.84. The molecule has 0 saturated carbocycles. The molecule has 1 heterocycles. The van der Waals surface area contributed by atoms with Gasteiger partial charge >= 0.3 is 0 Å². The largest absolute Gasteiger partial charge is 0.393 e. The van der Waals surface area contributed by atoms with E-state index in [4.69, 9.17) is 0 Å². The van der Waals surface area contributed by atoms with Gasteiger partial charge in [0, 0.05) is 18.9 Å². The van der Waals surface area contributed by atoms with Gasteiger partial charge in [0.2, 0.25) is 0 Å². The average molecular weight is 210 g/mol. The highest BCUT2D eigenvalue weighted by Gasteiger charge is 2.25. The molecule has 0 saturated heterocycles. The van der Waals surface area contributed by atoms with Crippen molar-refractivity contribution in [1.82, 2.24) is 9.78 Å². The highest BCUT2D eigenvalue weighted by Crippen LogP contribution is 2.27. The maximum Gasteiger partial charge on any atom is 0.0594 e. The van der Waals surface area contributed by atoms with Crippen LogP contribution in [0.5, 0.6) is 0 Å². The van der Waals surface area contributed by atoms with E-state index in [1.807, 2.05) is 17.8 Å². The van der Waals surface area contributed by atoms with Gasteiger partial charge in [-0.2, -0.15) is 5.10 Å². The fourth-order valence-corrected chi connectivity index (χ4v) is 1.56. The quantitative estimate of drug-likeness (QED) is 0.808. The third kappa shape index (κ3) is 3.06. The molecule has 0 spiro atoms. The van der Waals surface area contributed by atoms with Crippen LogP contribution < -0.4 is 0 Å². The van der Waals surface area contributed by atoms with Crippen LogP contribution in [0.4, 0.5) is 0 Å². The van der Waals surface area contributed by atoms with Crippen molar-refractivity contribution in [2.24, 2.45) is 12.5 Å². The number of hydrogen-bond acceptors (Lipinski definition) is 2. The van der Waals surface area contributed by atoms with Crippen molar-refractivity contribution in [3.05, 3.63) is 18.0 Å². The topological polar surface area (TPSA) is 38.1 Å². The van der Waals surface area contributed by atoms with Crippen LogP contribution in [0.3, 0.4) is 0 Å². The Morgan fingerprint density at radius 2 is 2.20 bits per heavy atom. The van der Waals surface area contributed by atoms with Gasteiger partial charge in [-0.05, 0) is 30.7 Å². The third-order valence-electron chi connectivity index (χ3n) is 3.41. The van der Waals surface area contributed by atoms with Crippen molar-refractivity contribution in [3.63, 3.8) is 0 Å². The van der Waals surface area contributed by atoms with Crippen molar-refractivity contribution in [1.29, 1.82) is 0 Å². The summed E-state index contributed by atoms with van der Waals surface area (Å²) in [6.45, 7) is 6.34. The molecule has 0 aliphatic heterocycles. The maximum absolute atomic E-state index is 10.0. The van der Waals surface area contributed by atoms with E-state index in [-0.39, 0.29) is 11.5 Å². The summed E-state index contributed by atoms with van der Waals surface area (Å²) in [4.78, 5) is 0. The molecule has 0 aromatic carbocycles. The SMILES string of the molecule is CCC(C)(C)C(O)CCc1ccnn1C. The Morgan fingerprint density at radius 3 is 2.67 bits per heavy atom. The van der Waals surface area contributed by atoms with Gasteiger partial charge in [-0.3, -0.25) is 4.68 Å². The number of nitrogens with zero attached hydrogens (tertiary/aromatic N) is 2. The summed E-state index contributed by atoms with van der Waals surface area (Å²) in [5.41, 5.74) is 1.19. The average Bonchev–Trinajstić information content (AvgIpc) is 2.60. The Hall–Kier alpha value is -0.830. The molecule has 0 fully saturated rings. The van der Waals surface area contributed by atoms with Crippen LogP contribution in [0.2, 0.25) is 0 Å². The smallest absolute Gasteiger partial charge is 0.0594 e. The minimum Gasteiger partial charge on any atom is -0.393 e. The molecule has 86 valence electrons. The Kier molecular flexibility index (Phi) is 3.91. The van der Waals surface area contributed by atoms with Gasteiger partial charge < -0.3 is 5.11 Å². The van der Waals surface area contributed by atoms with Crippen molar-refractivity contribution in [3.8, 4) is 0 Å². The Labute approximate surface area is 92.1 Å². The normalized spacial score (nSPS) is 14.2. The zero-order valence-electron chi connectivity index (χ0n) is 10.2. The van der Waals surface area contributed by atoms with Crippen molar-refractivity contribution >= 4 is 0 Å². The molecule has 3 nitrogen and oxygen atoms in total. The number of aliphatic hydroxyl groups is 1. The summed E-state index contributed by atoms with van der Waals surface area (Å²) < 4.78 is 1.87. The Bertz CT molecular complexity index is 304. The second kappa shape index (κ2) is 4.79. The standard InChI is InChI=1S/C12H22N2O/c1-5-12(2,3)11(15)7-6-10-8-9-13-14(10)4/h8-9,11,15H,5-7H2,1-4H3. The van der Waals surface area contributed by atoms with E-state index in [9.17, 15) is 5.11 Å². The van der Waals surface area contributed by atoms with Gasteiger partial charge in [-0.25, -0.2) is 0 Å². The van der Waals surface area contributed by atoms with Crippen LogP contribution in [-0.2, 0) is 13.5 Å². The predicted molar refractivity (Wildman–Crippen MR) is 61.6 cm³/mol. The van der Waals surface area contributed by atoms with Crippen LogP contribution in [0, 0.1) is 5.41 Å². The van der Waals surface area contributed by atoms with E-state index in [2.05, 4.69) is 25.9 Å². The van der Waals surface area contributed by atoms with Crippen LogP contribution in [0.1, 0.15) is 39.3 Å². The van der Waals surface area contributed by atoms with Gasteiger partial charge in [0.1, 0.15) is 0 Å². The van der Waals surface area contributed by atoms with Gasteiger partial charge in [0.05, 0.1) is 6.10 Å². The van der Waals surface area contributed by atoms with Crippen LogP contribution in [0.15, 0.2) is 12.3 Å². The van der Waals surface area contributed by atoms with Gasteiger partial charge in [0.15, 0.2) is 0 Å². The summed E-state index contributed by atoms with van der Waals surface area (Å²) in [5.74, 6) is 0. The lowest BCUT2D eigenvalue weighted by molar-refractivity contribution is 0.0404. The Morgan fingerprint density at radius 1 is 1.53 bits per heavy atom. The first-order valence-corrected chi connectivity index (χ1v) is 5.62. The van der Waals surface area contributed by atoms with Gasteiger partial charge in [-0.15, -0.1) is 0 Å². The third-order valence-corrected chi connectivity index (χ3v) is 3.41. The summed E-state index contributed by atoms with van der Waals surface area (Å²) in [6, 6.07) is 2.01. The summed E-state index contributed by atoms with van der Waals surface area (Å²) in [6.07, 6.45) is 4.26. The molecule has 1 unspecified atom stereocenters. The molecule has 0 bridgehead atoms. The molecule has 0 aliphatic rings. The highest BCUT2D eigenvalue weighted by molar-refractivity contribution is 5.00. The predicted octanol–water partition coefficient (Wildman–Crippen LogP) is 2.15. The number of aromatic nitrogens is 2. The molecule has 1 rings (SSSR count). The zero-order chi connectivity index (χ0) is 11.5. The lowest BCUT2D eigenvalue weighted by atomic mass is 9.81. The lowest BCUT2D eigenvalue weighted by Crippen LogP contribution is -2.29. The molecule has 15 heavy (non-hydrogen) atoms. The maximum atomic E-state index is 10.0. The number of rotatable bonds is 5. The molecule has 0 amide bonds. The summed E-state index contributed by atoms with van der Waals surface area (Å²) in [5, 5.41) is 14.1. The molecule has 1 N–H and O–H groups in total. The number of aryl methyl sites for hydroxylation is 2. The van der Waals surface area contributed by atoms with Crippen LogP contribution >= 0.6 is 0 Å². The number of hydrogen-bond donors (Lipinski definition) is 1. The fourth-order valence-electron chi connectivity index (χ4n) is 1.56. The minimum atomic E-state index is -0.239. The molecular weight excluding hydrogens is 188 g/mol. The summed E-state index contributed by atoms with van der Waals surface area (Å²) in [7, 11) is 1.94. The van der Waals surface area contributed by atoms with Gasteiger partial charge in [-0.1, -0.05) is 20.8 Å². The first-order valence-electron chi connectivity index (χ1n) is 5.62. The van der Waals surface area contributed by atoms with Crippen LogP contribution in [-0.4, -0.2) is 21.0 Å². The molecule has 0 aliphatic carbocycles. The molecule has 0 radical (unpaired) electrons. The number of aliphatic hydroxyl groups excluding tert-OH is 1. The highest BCUT2D eigenvalue weighted by atomic mass is 16.3. The minimum absolute atomic E-state index is 0.0125. The monoisotopic (exact) mass is 210 g/mol.